The van der Waals surface area contributed by atoms with Gasteiger partial charge < -0.3 is 9.80 Å². The molecule has 0 aliphatic carbocycles. The highest BCUT2D eigenvalue weighted by Gasteiger charge is 2.18. The van der Waals surface area contributed by atoms with Crippen LogP contribution in [0.1, 0.15) is 0 Å². The third-order valence-corrected chi connectivity index (χ3v) is 3.02. The first kappa shape index (κ1) is 12.6. The average molecular weight is 246 g/mol. The average Bonchev–Trinajstić information content (AvgIpc) is 2.40. The molecule has 0 spiro atoms. The van der Waals surface area contributed by atoms with E-state index >= 15 is 0 Å². The molecule has 2 rings (SSSR count). The van der Waals surface area contributed by atoms with E-state index in [1.54, 1.807) is 6.20 Å². The summed E-state index contributed by atoms with van der Waals surface area (Å²) >= 11 is 0. The Balaban J connectivity index is 2.01. The zero-order valence-electron chi connectivity index (χ0n) is 10.9. The monoisotopic (exact) mass is 246 g/mol. The van der Waals surface area contributed by atoms with E-state index in [0.29, 0.717) is 6.54 Å². The van der Waals surface area contributed by atoms with Crippen molar-refractivity contribution in [2.45, 2.75) is 0 Å². The van der Waals surface area contributed by atoms with E-state index in [0.717, 1.165) is 37.9 Å². The van der Waals surface area contributed by atoms with Crippen molar-refractivity contribution < 1.29 is 0 Å². The van der Waals surface area contributed by atoms with Gasteiger partial charge in [0.25, 0.3) is 0 Å². The fraction of sp³-hybridized carbons (Fsp3) is 0.583. The molecule has 1 aromatic heterocycles. The van der Waals surface area contributed by atoms with Gasteiger partial charge in [-0.3, -0.25) is 4.90 Å². The van der Waals surface area contributed by atoms with Gasteiger partial charge in [-0.2, -0.15) is 10.2 Å². The first-order chi connectivity index (χ1) is 8.70. The third kappa shape index (κ3) is 2.87. The molecule has 18 heavy (non-hydrogen) atoms. The van der Waals surface area contributed by atoms with Gasteiger partial charge in [0.05, 0.1) is 12.6 Å². The quantitative estimate of drug-likeness (QED) is 0.710. The molecule has 6 nitrogen and oxygen atoms in total. The molecular formula is C12H18N6. The van der Waals surface area contributed by atoms with Gasteiger partial charge in [0.15, 0.2) is 0 Å². The standard InChI is InChI=1S/C12H18N6/c1-16(2)12-14-5-3-11(15-12)18-9-7-17(6-4-13)8-10-18/h3,5H,6-10H2,1-2H3. The Hall–Kier alpha value is -1.87. The number of piperazine rings is 1. The zero-order chi connectivity index (χ0) is 13.0. The highest BCUT2D eigenvalue weighted by Crippen LogP contribution is 2.15. The van der Waals surface area contributed by atoms with Crippen LogP contribution in [0.3, 0.4) is 0 Å². The van der Waals surface area contributed by atoms with E-state index in [2.05, 4.69) is 25.8 Å². The first-order valence-electron chi connectivity index (χ1n) is 6.05. The van der Waals surface area contributed by atoms with Crippen molar-refractivity contribution in [3.63, 3.8) is 0 Å². The van der Waals surface area contributed by atoms with Gasteiger partial charge in [0, 0.05) is 46.5 Å². The summed E-state index contributed by atoms with van der Waals surface area (Å²) in [5.41, 5.74) is 0. The number of aromatic nitrogens is 2. The van der Waals surface area contributed by atoms with Gasteiger partial charge in [-0.25, -0.2) is 4.98 Å². The maximum atomic E-state index is 8.67. The van der Waals surface area contributed by atoms with E-state index in [1.807, 2.05) is 25.1 Å². The van der Waals surface area contributed by atoms with Crippen LogP contribution in [0.5, 0.6) is 0 Å². The fourth-order valence-corrected chi connectivity index (χ4v) is 1.97. The smallest absolute Gasteiger partial charge is 0.226 e. The number of hydrogen-bond acceptors (Lipinski definition) is 6. The van der Waals surface area contributed by atoms with Gasteiger partial charge in [-0.1, -0.05) is 0 Å². The summed E-state index contributed by atoms with van der Waals surface area (Å²) < 4.78 is 0. The fourth-order valence-electron chi connectivity index (χ4n) is 1.97. The number of anilines is 2. The van der Waals surface area contributed by atoms with Crippen LogP contribution in [0.15, 0.2) is 12.3 Å². The molecule has 0 N–H and O–H groups in total. The summed E-state index contributed by atoms with van der Waals surface area (Å²) in [6.07, 6.45) is 1.79. The summed E-state index contributed by atoms with van der Waals surface area (Å²) in [4.78, 5) is 15.0. The highest BCUT2D eigenvalue weighted by molar-refractivity contribution is 5.43. The van der Waals surface area contributed by atoms with E-state index in [1.165, 1.54) is 0 Å². The molecule has 0 unspecified atom stereocenters. The summed E-state index contributed by atoms with van der Waals surface area (Å²) in [6.45, 7) is 4.15. The third-order valence-electron chi connectivity index (χ3n) is 3.02. The Bertz CT molecular complexity index is 430. The van der Waals surface area contributed by atoms with E-state index in [9.17, 15) is 0 Å². The van der Waals surface area contributed by atoms with Crippen molar-refractivity contribution in [2.75, 3.05) is 56.6 Å². The maximum Gasteiger partial charge on any atom is 0.226 e. The first-order valence-corrected chi connectivity index (χ1v) is 6.05. The van der Waals surface area contributed by atoms with Gasteiger partial charge >= 0.3 is 0 Å². The van der Waals surface area contributed by atoms with Crippen LogP contribution in [0.2, 0.25) is 0 Å². The predicted molar refractivity (Wildman–Crippen MR) is 70.6 cm³/mol. The number of nitriles is 1. The molecular weight excluding hydrogens is 228 g/mol. The minimum absolute atomic E-state index is 0.514. The minimum Gasteiger partial charge on any atom is -0.354 e. The normalized spacial score (nSPS) is 16.4. The van der Waals surface area contributed by atoms with Crippen molar-refractivity contribution in [3.8, 4) is 6.07 Å². The number of hydrogen-bond donors (Lipinski definition) is 0. The van der Waals surface area contributed by atoms with Crippen molar-refractivity contribution in [2.24, 2.45) is 0 Å². The highest BCUT2D eigenvalue weighted by atomic mass is 15.3. The number of rotatable bonds is 3. The molecule has 1 fully saturated rings. The van der Waals surface area contributed by atoms with Crippen molar-refractivity contribution in [1.82, 2.24) is 14.9 Å². The van der Waals surface area contributed by atoms with E-state index in [-0.39, 0.29) is 0 Å². The van der Waals surface area contributed by atoms with Crippen molar-refractivity contribution in [1.29, 1.82) is 5.26 Å². The van der Waals surface area contributed by atoms with Crippen LogP contribution >= 0.6 is 0 Å². The van der Waals surface area contributed by atoms with Crippen LogP contribution < -0.4 is 9.80 Å². The lowest BCUT2D eigenvalue weighted by molar-refractivity contribution is 0.286. The SMILES string of the molecule is CN(C)c1nccc(N2CCN(CC#N)CC2)n1. The van der Waals surface area contributed by atoms with Crippen LogP contribution in [-0.2, 0) is 0 Å². The zero-order valence-corrected chi connectivity index (χ0v) is 10.9. The Morgan fingerprint density at radius 3 is 2.67 bits per heavy atom. The second-order valence-electron chi connectivity index (χ2n) is 4.53. The molecule has 1 aromatic rings. The van der Waals surface area contributed by atoms with Gasteiger partial charge in [-0.05, 0) is 6.07 Å². The topological polar surface area (TPSA) is 59.3 Å². The molecule has 1 aliphatic heterocycles. The Kier molecular flexibility index (Phi) is 3.95. The molecule has 0 amide bonds. The second-order valence-corrected chi connectivity index (χ2v) is 4.53. The van der Waals surface area contributed by atoms with Gasteiger partial charge in [-0.15, -0.1) is 0 Å². The maximum absolute atomic E-state index is 8.67. The molecule has 96 valence electrons. The Morgan fingerprint density at radius 1 is 1.33 bits per heavy atom. The van der Waals surface area contributed by atoms with Crippen molar-refractivity contribution in [3.05, 3.63) is 12.3 Å². The largest absolute Gasteiger partial charge is 0.354 e. The Morgan fingerprint density at radius 2 is 2.06 bits per heavy atom. The molecule has 0 aromatic carbocycles. The minimum atomic E-state index is 0.514. The molecule has 2 heterocycles. The molecule has 0 atom stereocenters. The molecule has 1 aliphatic rings. The van der Waals surface area contributed by atoms with E-state index < -0.39 is 0 Å². The second kappa shape index (κ2) is 5.65. The number of nitrogens with zero attached hydrogens (tertiary/aromatic N) is 6. The van der Waals surface area contributed by atoms with Crippen LogP contribution in [0.4, 0.5) is 11.8 Å². The summed E-state index contributed by atoms with van der Waals surface area (Å²) in [6, 6.07) is 4.13. The molecule has 0 bridgehead atoms. The Labute approximate surface area is 107 Å². The van der Waals surface area contributed by atoms with Crippen LogP contribution in [0.25, 0.3) is 0 Å². The van der Waals surface area contributed by atoms with Crippen molar-refractivity contribution >= 4 is 11.8 Å². The lowest BCUT2D eigenvalue weighted by Crippen LogP contribution is -2.46. The summed E-state index contributed by atoms with van der Waals surface area (Å²) in [5.74, 6) is 1.69. The summed E-state index contributed by atoms with van der Waals surface area (Å²) in [5, 5.41) is 8.67. The molecule has 0 saturated carbocycles. The lowest BCUT2D eigenvalue weighted by Gasteiger charge is -2.34. The van der Waals surface area contributed by atoms with Gasteiger partial charge in [0.1, 0.15) is 5.82 Å². The lowest BCUT2D eigenvalue weighted by atomic mass is 10.3. The predicted octanol–water partition coefficient (Wildman–Crippen LogP) is 0.188. The summed E-state index contributed by atoms with van der Waals surface area (Å²) in [7, 11) is 3.87. The molecule has 6 heteroatoms. The van der Waals surface area contributed by atoms with Gasteiger partial charge in [0.2, 0.25) is 5.95 Å². The van der Waals surface area contributed by atoms with E-state index in [4.69, 9.17) is 5.26 Å². The molecule has 0 radical (unpaired) electrons. The molecule has 1 saturated heterocycles. The van der Waals surface area contributed by atoms with Crippen LogP contribution in [0, 0.1) is 11.3 Å². The van der Waals surface area contributed by atoms with Crippen LogP contribution in [-0.4, -0.2) is 61.7 Å².